The SMILES string of the molecule is C=CC1=C(C(=C)C)N(C(=O)CSc2ccc(C(C)(F)F)cn2)CCC1. The van der Waals surface area contributed by atoms with E-state index in [1.807, 2.05) is 6.92 Å². The van der Waals surface area contributed by atoms with Crippen LogP contribution in [-0.2, 0) is 10.7 Å². The average Bonchev–Trinajstić information content (AvgIpc) is 2.58. The third-order valence-electron chi connectivity index (χ3n) is 3.94. The lowest BCUT2D eigenvalue weighted by Gasteiger charge is -2.31. The highest BCUT2D eigenvalue weighted by molar-refractivity contribution is 7.99. The van der Waals surface area contributed by atoms with Crippen LogP contribution >= 0.6 is 11.8 Å². The molecule has 6 heteroatoms. The first-order valence-corrected chi connectivity index (χ1v) is 9.01. The number of carbonyl (C=O) groups is 1. The average molecular weight is 364 g/mol. The molecule has 0 fully saturated rings. The molecule has 134 valence electrons. The zero-order valence-corrected chi connectivity index (χ0v) is 15.3. The van der Waals surface area contributed by atoms with Crippen molar-refractivity contribution in [1.82, 2.24) is 9.88 Å². The fraction of sp³-hybridized carbons (Fsp3) is 0.368. The van der Waals surface area contributed by atoms with Gasteiger partial charge in [-0.2, -0.15) is 0 Å². The molecule has 25 heavy (non-hydrogen) atoms. The van der Waals surface area contributed by atoms with E-state index in [2.05, 4.69) is 18.1 Å². The molecule has 0 N–H and O–H groups in total. The van der Waals surface area contributed by atoms with E-state index in [0.29, 0.717) is 11.6 Å². The van der Waals surface area contributed by atoms with Crippen molar-refractivity contribution < 1.29 is 13.6 Å². The van der Waals surface area contributed by atoms with Gasteiger partial charge < -0.3 is 4.90 Å². The Balaban J connectivity index is 2.07. The molecule has 0 radical (unpaired) electrons. The fourth-order valence-electron chi connectivity index (χ4n) is 2.72. The molecule has 1 aliphatic heterocycles. The summed E-state index contributed by atoms with van der Waals surface area (Å²) >= 11 is 1.24. The second-order valence-corrected chi connectivity index (χ2v) is 7.07. The zero-order chi connectivity index (χ0) is 18.6. The Morgan fingerprint density at radius 1 is 1.48 bits per heavy atom. The first-order chi connectivity index (χ1) is 11.7. The fourth-order valence-corrected chi connectivity index (χ4v) is 3.44. The number of halogens is 2. The third kappa shape index (κ3) is 4.78. The molecule has 0 aromatic carbocycles. The van der Waals surface area contributed by atoms with Crippen molar-refractivity contribution in [3.63, 3.8) is 0 Å². The molecule has 1 aromatic rings. The minimum Gasteiger partial charge on any atom is -0.311 e. The van der Waals surface area contributed by atoms with Gasteiger partial charge in [-0.3, -0.25) is 4.79 Å². The van der Waals surface area contributed by atoms with Crippen molar-refractivity contribution in [3.8, 4) is 0 Å². The molecule has 1 amide bonds. The monoisotopic (exact) mass is 364 g/mol. The van der Waals surface area contributed by atoms with E-state index in [-0.39, 0.29) is 17.2 Å². The number of pyridine rings is 1. The predicted octanol–water partition coefficient (Wildman–Crippen LogP) is 4.92. The summed E-state index contributed by atoms with van der Waals surface area (Å²) in [5.74, 6) is -2.77. The van der Waals surface area contributed by atoms with Crippen LogP contribution in [0.25, 0.3) is 0 Å². The van der Waals surface area contributed by atoms with Crippen LogP contribution in [0, 0.1) is 0 Å². The maximum atomic E-state index is 13.2. The maximum Gasteiger partial charge on any atom is 0.272 e. The highest BCUT2D eigenvalue weighted by Gasteiger charge is 2.26. The summed E-state index contributed by atoms with van der Waals surface area (Å²) in [5.41, 5.74) is 2.58. The highest BCUT2D eigenvalue weighted by Crippen LogP contribution is 2.30. The second-order valence-electron chi connectivity index (χ2n) is 6.07. The van der Waals surface area contributed by atoms with Gasteiger partial charge >= 0.3 is 0 Å². The summed E-state index contributed by atoms with van der Waals surface area (Å²) in [6.07, 6.45) is 4.70. The van der Waals surface area contributed by atoms with E-state index >= 15 is 0 Å². The molecule has 0 atom stereocenters. The second kappa shape index (κ2) is 7.95. The van der Waals surface area contributed by atoms with Crippen LogP contribution < -0.4 is 0 Å². The van der Waals surface area contributed by atoms with E-state index in [1.165, 1.54) is 23.9 Å². The van der Waals surface area contributed by atoms with Crippen LogP contribution in [0.15, 0.2) is 59.4 Å². The molecular weight excluding hydrogens is 342 g/mol. The topological polar surface area (TPSA) is 33.2 Å². The molecule has 1 aromatic heterocycles. The van der Waals surface area contributed by atoms with Crippen molar-refractivity contribution in [2.45, 2.75) is 37.6 Å². The lowest BCUT2D eigenvalue weighted by atomic mass is 9.98. The maximum absolute atomic E-state index is 13.2. The van der Waals surface area contributed by atoms with Crippen LogP contribution in [-0.4, -0.2) is 28.1 Å². The van der Waals surface area contributed by atoms with E-state index in [9.17, 15) is 13.6 Å². The van der Waals surface area contributed by atoms with Gasteiger partial charge in [-0.1, -0.05) is 31.0 Å². The van der Waals surface area contributed by atoms with Crippen molar-refractivity contribution >= 4 is 17.7 Å². The molecule has 3 nitrogen and oxygen atoms in total. The Hall–Kier alpha value is -1.95. The van der Waals surface area contributed by atoms with Crippen molar-refractivity contribution in [3.05, 3.63) is 60.0 Å². The lowest BCUT2D eigenvalue weighted by molar-refractivity contribution is -0.126. The Kier molecular flexibility index (Phi) is 6.16. The Bertz CT molecular complexity index is 705. The molecule has 0 saturated carbocycles. The largest absolute Gasteiger partial charge is 0.311 e. The third-order valence-corrected chi connectivity index (χ3v) is 4.87. The van der Waals surface area contributed by atoms with Gasteiger partial charge in [0.1, 0.15) is 0 Å². The number of thioether (sulfide) groups is 1. The van der Waals surface area contributed by atoms with E-state index in [4.69, 9.17) is 0 Å². The normalized spacial score (nSPS) is 15.3. The number of hydrogen-bond acceptors (Lipinski definition) is 3. The van der Waals surface area contributed by atoms with E-state index < -0.39 is 5.92 Å². The van der Waals surface area contributed by atoms with Gasteiger partial charge in [-0.25, -0.2) is 13.8 Å². The molecule has 2 rings (SSSR count). The van der Waals surface area contributed by atoms with Crippen LogP contribution in [0.5, 0.6) is 0 Å². The van der Waals surface area contributed by atoms with E-state index in [0.717, 1.165) is 42.8 Å². The van der Waals surface area contributed by atoms with Gasteiger partial charge in [0.2, 0.25) is 5.91 Å². The van der Waals surface area contributed by atoms with Gasteiger partial charge in [0.15, 0.2) is 0 Å². The number of hydrogen-bond donors (Lipinski definition) is 0. The molecule has 0 unspecified atom stereocenters. The lowest BCUT2D eigenvalue weighted by Crippen LogP contribution is -2.36. The number of rotatable bonds is 6. The molecule has 2 heterocycles. The molecule has 0 spiro atoms. The first-order valence-electron chi connectivity index (χ1n) is 8.03. The van der Waals surface area contributed by atoms with Crippen molar-refractivity contribution in [1.29, 1.82) is 0 Å². The minimum atomic E-state index is -2.91. The number of nitrogens with zero attached hydrogens (tertiary/aromatic N) is 2. The molecule has 0 saturated heterocycles. The number of carbonyl (C=O) groups excluding carboxylic acids is 1. The van der Waals surface area contributed by atoms with Crippen molar-refractivity contribution in [2.75, 3.05) is 12.3 Å². The quantitative estimate of drug-likeness (QED) is 0.672. The van der Waals surface area contributed by atoms with Crippen LogP contribution in [0.3, 0.4) is 0 Å². The highest BCUT2D eigenvalue weighted by atomic mass is 32.2. The smallest absolute Gasteiger partial charge is 0.272 e. The Labute approximate surface area is 151 Å². The predicted molar refractivity (Wildman–Crippen MR) is 97.5 cm³/mol. The number of aromatic nitrogens is 1. The Morgan fingerprint density at radius 2 is 2.20 bits per heavy atom. The van der Waals surface area contributed by atoms with E-state index in [1.54, 1.807) is 11.0 Å². The molecule has 0 aliphatic carbocycles. The summed E-state index contributed by atoms with van der Waals surface area (Å²) in [6, 6.07) is 2.86. The molecule has 1 aliphatic rings. The molecule has 0 bridgehead atoms. The zero-order valence-electron chi connectivity index (χ0n) is 14.5. The number of allylic oxidation sites excluding steroid dienone is 3. The van der Waals surface area contributed by atoms with Gasteiger partial charge in [0.05, 0.1) is 10.8 Å². The van der Waals surface area contributed by atoms with Crippen LogP contribution in [0.2, 0.25) is 0 Å². The summed E-state index contributed by atoms with van der Waals surface area (Å²) in [6.45, 7) is 11.1. The van der Waals surface area contributed by atoms with Crippen LogP contribution in [0.1, 0.15) is 32.3 Å². The standard InChI is InChI=1S/C19H22F2N2OS/c1-5-14-7-6-10-23(18(14)13(2)3)17(24)12-25-16-9-8-15(11-22-16)19(4,20)21/h5,8-9,11H,1-2,6-7,10,12H2,3-4H3. The Morgan fingerprint density at radius 3 is 2.72 bits per heavy atom. The summed E-state index contributed by atoms with van der Waals surface area (Å²) in [7, 11) is 0. The summed E-state index contributed by atoms with van der Waals surface area (Å²) in [5, 5.41) is 0.545. The minimum absolute atomic E-state index is 0.0475. The van der Waals surface area contributed by atoms with Gasteiger partial charge in [-0.05, 0) is 43.0 Å². The number of amides is 1. The van der Waals surface area contributed by atoms with Gasteiger partial charge in [-0.15, -0.1) is 0 Å². The number of alkyl halides is 2. The molecular formula is C19H22F2N2OS. The summed E-state index contributed by atoms with van der Waals surface area (Å²) < 4.78 is 26.4. The summed E-state index contributed by atoms with van der Waals surface area (Å²) in [4.78, 5) is 18.4. The van der Waals surface area contributed by atoms with Crippen LogP contribution in [0.4, 0.5) is 8.78 Å². The van der Waals surface area contributed by atoms with Gasteiger partial charge in [0, 0.05) is 30.9 Å². The van der Waals surface area contributed by atoms with Crippen molar-refractivity contribution in [2.24, 2.45) is 0 Å². The van der Waals surface area contributed by atoms with Gasteiger partial charge in [0.25, 0.3) is 5.92 Å². The first kappa shape index (κ1) is 19.4.